The summed E-state index contributed by atoms with van der Waals surface area (Å²) in [6, 6.07) is 10.6. The van der Waals surface area contributed by atoms with Crippen molar-refractivity contribution in [2.24, 2.45) is 0 Å². The largest absolute Gasteiger partial charge is 0.483 e. The van der Waals surface area contributed by atoms with Gasteiger partial charge in [-0.3, -0.25) is 19.4 Å². The van der Waals surface area contributed by atoms with Gasteiger partial charge in [0.2, 0.25) is 0 Å². The normalized spacial score (nSPS) is 14.5. The highest BCUT2D eigenvalue weighted by Gasteiger charge is 2.19. The summed E-state index contributed by atoms with van der Waals surface area (Å²) in [5.41, 5.74) is 1.49. The molecule has 208 valence electrons. The van der Waals surface area contributed by atoms with E-state index < -0.39 is 0 Å². The SMILES string of the molecule is CN(C)CCN(C)C(=O)COc1cc(Cl)ccc1C(=O)NCCN1CCN(Cc2ccc(Cl)c(Cl)c2)CC1. The zero-order valence-corrected chi connectivity index (χ0v) is 24.5. The number of benzene rings is 2. The van der Waals surface area contributed by atoms with Crippen LogP contribution in [0.2, 0.25) is 15.1 Å². The summed E-state index contributed by atoms with van der Waals surface area (Å²) in [5.74, 6) is -0.139. The predicted octanol–water partition coefficient (Wildman–Crippen LogP) is 3.59. The van der Waals surface area contributed by atoms with E-state index in [1.807, 2.05) is 37.2 Å². The summed E-state index contributed by atoms with van der Waals surface area (Å²) >= 11 is 18.3. The van der Waals surface area contributed by atoms with Gasteiger partial charge >= 0.3 is 0 Å². The van der Waals surface area contributed by atoms with Gasteiger partial charge in [0.1, 0.15) is 5.75 Å². The fourth-order valence-electron chi connectivity index (χ4n) is 4.02. The van der Waals surface area contributed by atoms with Crippen molar-refractivity contribution in [2.45, 2.75) is 6.54 Å². The van der Waals surface area contributed by atoms with Crippen molar-refractivity contribution >= 4 is 46.6 Å². The summed E-state index contributed by atoms with van der Waals surface area (Å²) in [6.07, 6.45) is 0. The summed E-state index contributed by atoms with van der Waals surface area (Å²) in [7, 11) is 5.63. The van der Waals surface area contributed by atoms with E-state index in [0.717, 1.165) is 51.4 Å². The van der Waals surface area contributed by atoms with E-state index in [0.29, 0.717) is 39.5 Å². The van der Waals surface area contributed by atoms with Crippen LogP contribution < -0.4 is 10.1 Å². The Bertz CT molecular complexity index is 1090. The van der Waals surface area contributed by atoms with E-state index in [1.165, 1.54) is 0 Å². The number of nitrogens with zero attached hydrogens (tertiary/aromatic N) is 4. The molecule has 8 nitrogen and oxygen atoms in total. The molecule has 0 aromatic heterocycles. The van der Waals surface area contributed by atoms with Crippen molar-refractivity contribution in [3.8, 4) is 5.75 Å². The molecule has 2 aromatic carbocycles. The van der Waals surface area contributed by atoms with E-state index in [-0.39, 0.29) is 18.4 Å². The third-order valence-corrected chi connectivity index (χ3v) is 7.39. The zero-order chi connectivity index (χ0) is 27.7. The van der Waals surface area contributed by atoms with Gasteiger partial charge in [0, 0.05) is 71.0 Å². The van der Waals surface area contributed by atoms with Gasteiger partial charge in [0.15, 0.2) is 6.61 Å². The van der Waals surface area contributed by atoms with Gasteiger partial charge in [0.05, 0.1) is 15.6 Å². The molecule has 0 bridgehead atoms. The lowest BCUT2D eigenvalue weighted by Crippen LogP contribution is -2.48. The molecule has 2 amide bonds. The lowest BCUT2D eigenvalue weighted by molar-refractivity contribution is -0.132. The Morgan fingerprint density at radius 1 is 0.921 bits per heavy atom. The van der Waals surface area contributed by atoms with Gasteiger partial charge in [-0.15, -0.1) is 0 Å². The summed E-state index contributed by atoms with van der Waals surface area (Å²) < 4.78 is 5.72. The number of rotatable bonds is 12. The molecule has 1 N–H and O–H groups in total. The van der Waals surface area contributed by atoms with Gasteiger partial charge in [-0.05, 0) is 50.0 Å². The minimum atomic E-state index is -0.261. The molecule has 1 saturated heterocycles. The molecule has 0 aliphatic carbocycles. The van der Waals surface area contributed by atoms with Crippen molar-refractivity contribution in [3.05, 3.63) is 62.6 Å². The monoisotopic (exact) mass is 583 g/mol. The number of carbonyl (C=O) groups is 2. The molecule has 0 saturated carbocycles. The van der Waals surface area contributed by atoms with Crippen LogP contribution in [0.4, 0.5) is 0 Å². The number of ether oxygens (including phenoxy) is 1. The van der Waals surface area contributed by atoms with Crippen molar-refractivity contribution < 1.29 is 14.3 Å². The second-order valence-electron chi connectivity index (χ2n) is 9.67. The highest BCUT2D eigenvalue weighted by molar-refractivity contribution is 6.42. The third kappa shape index (κ3) is 9.59. The number of hydrogen-bond donors (Lipinski definition) is 1. The first-order chi connectivity index (χ1) is 18.1. The van der Waals surface area contributed by atoms with Crippen LogP contribution in [0.3, 0.4) is 0 Å². The molecular formula is C27H36Cl3N5O3. The molecule has 3 rings (SSSR count). The number of likely N-dealkylation sites (N-methyl/N-ethyl adjacent to an activating group) is 2. The highest BCUT2D eigenvalue weighted by atomic mass is 35.5. The molecule has 1 heterocycles. The van der Waals surface area contributed by atoms with Crippen molar-refractivity contribution in [1.82, 2.24) is 24.9 Å². The van der Waals surface area contributed by atoms with Crippen LogP contribution in [0.25, 0.3) is 0 Å². The first-order valence-corrected chi connectivity index (χ1v) is 13.7. The molecular weight excluding hydrogens is 549 g/mol. The molecule has 1 aliphatic heterocycles. The Morgan fingerprint density at radius 2 is 1.63 bits per heavy atom. The Hall–Kier alpha value is -2.07. The molecule has 11 heteroatoms. The van der Waals surface area contributed by atoms with E-state index in [4.69, 9.17) is 39.5 Å². The second kappa shape index (κ2) is 14.9. The fourth-order valence-corrected chi connectivity index (χ4v) is 4.50. The van der Waals surface area contributed by atoms with Crippen LogP contribution in [-0.2, 0) is 11.3 Å². The number of nitrogens with one attached hydrogen (secondary N) is 1. The van der Waals surface area contributed by atoms with E-state index in [2.05, 4.69) is 15.1 Å². The average Bonchev–Trinajstić information content (AvgIpc) is 2.89. The molecule has 1 aliphatic rings. The smallest absolute Gasteiger partial charge is 0.260 e. The Balaban J connectivity index is 1.43. The number of carbonyl (C=O) groups excluding carboxylic acids is 2. The Kier molecular flexibility index (Phi) is 12.0. The van der Waals surface area contributed by atoms with Gasteiger partial charge in [-0.2, -0.15) is 0 Å². The Labute approximate surface area is 240 Å². The molecule has 0 unspecified atom stereocenters. The Morgan fingerprint density at radius 3 is 2.32 bits per heavy atom. The van der Waals surface area contributed by atoms with Crippen LogP contribution >= 0.6 is 34.8 Å². The molecule has 38 heavy (non-hydrogen) atoms. The molecule has 1 fully saturated rings. The van der Waals surface area contributed by atoms with E-state index in [9.17, 15) is 9.59 Å². The van der Waals surface area contributed by atoms with Gasteiger partial charge in [-0.1, -0.05) is 40.9 Å². The number of halogens is 3. The summed E-state index contributed by atoms with van der Waals surface area (Å²) in [4.78, 5) is 33.6. The molecule has 2 aromatic rings. The van der Waals surface area contributed by atoms with Gasteiger partial charge < -0.3 is 19.9 Å². The van der Waals surface area contributed by atoms with Gasteiger partial charge in [0.25, 0.3) is 11.8 Å². The lowest BCUT2D eigenvalue weighted by atomic mass is 10.2. The quantitative estimate of drug-likeness (QED) is 0.411. The first kappa shape index (κ1) is 30.5. The predicted molar refractivity (Wildman–Crippen MR) is 154 cm³/mol. The maximum atomic E-state index is 12.9. The van der Waals surface area contributed by atoms with Crippen LogP contribution in [0, 0.1) is 0 Å². The second-order valence-corrected chi connectivity index (χ2v) is 10.9. The number of piperazine rings is 1. The standard InChI is InChI=1S/C27H36Cl3N5O3/c1-32(2)10-11-33(3)26(36)19-38-25-17-21(28)5-6-22(25)27(37)31-8-9-34-12-14-35(15-13-34)18-20-4-7-23(29)24(30)16-20/h4-7,16-17H,8-15,18-19H2,1-3H3,(H,31,37). The van der Waals surface area contributed by atoms with Crippen molar-refractivity contribution in [3.63, 3.8) is 0 Å². The highest BCUT2D eigenvalue weighted by Crippen LogP contribution is 2.24. The van der Waals surface area contributed by atoms with Gasteiger partial charge in [-0.25, -0.2) is 0 Å². The van der Waals surface area contributed by atoms with Crippen LogP contribution in [-0.4, -0.2) is 112 Å². The lowest BCUT2D eigenvalue weighted by Gasteiger charge is -2.34. The van der Waals surface area contributed by atoms with Crippen LogP contribution in [0.5, 0.6) is 5.75 Å². The molecule has 0 spiro atoms. The maximum absolute atomic E-state index is 12.9. The molecule has 0 radical (unpaired) electrons. The maximum Gasteiger partial charge on any atom is 0.260 e. The zero-order valence-electron chi connectivity index (χ0n) is 22.2. The van der Waals surface area contributed by atoms with Crippen LogP contribution in [0.1, 0.15) is 15.9 Å². The first-order valence-electron chi connectivity index (χ1n) is 12.6. The van der Waals surface area contributed by atoms with Crippen molar-refractivity contribution in [1.29, 1.82) is 0 Å². The minimum Gasteiger partial charge on any atom is -0.483 e. The third-order valence-electron chi connectivity index (χ3n) is 6.42. The summed E-state index contributed by atoms with van der Waals surface area (Å²) in [5, 5.41) is 4.54. The minimum absolute atomic E-state index is 0.170. The van der Waals surface area contributed by atoms with Crippen molar-refractivity contribution in [2.75, 3.05) is 80.1 Å². The number of hydrogen-bond acceptors (Lipinski definition) is 6. The van der Waals surface area contributed by atoms with E-state index >= 15 is 0 Å². The number of amides is 2. The van der Waals surface area contributed by atoms with Crippen LogP contribution in [0.15, 0.2) is 36.4 Å². The average molecular weight is 585 g/mol. The molecule has 0 atom stereocenters. The van der Waals surface area contributed by atoms with E-state index in [1.54, 1.807) is 30.1 Å². The summed E-state index contributed by atoms with van der Waals surface area (Å²) in [6.45, 7) is 6.92. The topological polar surface area (TPSA) is 68.4 Å². The fraction of sp³-hybridized carbons (Fsp3) is 0.481.